The van der Waals surface area contributed by atoms with Crippen LogP contribution >= 0.6 is 12.2 Å². The van der Waals surface area contributed by atoms with Crippen LogP contribution in [0.1, 0.15) is 71.6 Å². The van der Waals surface area contributed by atoms with Crippen molar-refractivity contribution in [2.75, 3.05) is 0 Å². The highest BCUT2D eigenvalue weighted by molar-refractivity contribution is 7.80. The Kier molecular flexibility index (Phi) is 6.76. The number of rotatable bonds is 5. The zero-order chi connectivity index (χ0) is 14.3. The smallest absolute Gasteiger partial charge is 0.223 e. The normalized spacial score (nSPS) is 19.5. The molecule has 0 aliphatic heterocycles. The Morgan fingerprint density at radius 3 is 2.05 bits per heavy atom. The van der Waals surface area contributed by atoms with Crippen molar-refractivity contribution in [1.29, 1.82) is 0 Å². The zero-order valence-electron chi connectivity index (χ0n) is 12.3. The number of carbonyl (C=O) groups excluding carboxylic acids is 1. The van der Waals surface area contributed by atoms with Gasteiger partial charge in [0, 0.05) is 5.92 Å². The summed E-state index contributed by atoms with van der Waals surface area (Å²) in [7, 11) is 0. The van der Waals surface area contributed by atoms with Gasteiger partial charge in [-0.25, -0.2) is 0 Å². The average Bonchev–Trinajstić information content (AvgIpc) is 2.34. The van der Waals surface area contributed by atoms with E-state index in [1.54, 1.807) is 0 Å². The van der Waals surface area contributed by atoms with Crippen molar-refractivity contribution >= 4 is 23.1 Å². The van der Waals surface area contributed by atoms with Gasteiger partial charge in [0.15, 0.2) is 0 Å². The van der Waals surface area contributed by atoms with Crippen LogP contribution in [0.25, 0.3) is 0 Å². The lowest BCUT2D eigenvalue weighted by Crippen LogP contribution is -2.58. The van der Waals surface area contributed by atoms with E-state index in [0.717, 1.165) is 38.5 Å². The molecule has 0 heterocycles. The van der Waals surface area contributed by atoms with Crippen LogP contribution in [0.15, 0.2) is 0 Å². The van der Waals surface area contributed by atoms with Crippen molar-refractivity contribution in [3.05, 3.63) is 0 Å². The number of amides is 1. The van der Waals surface area contributed by atoms with Gasteiger partial charge in [-0.1, -0.05) is 58.2 Å². The molecular weight excluding hydrogens is 256 g/mol. The number of hydrogen-bond acceptors (Lipinski definition) is 2. The van der Waals surface area contributed by atoms with E-state index < -0.39 is 5.54 Å². The van der Waals surface area contributed by atoms with E-state index in [0.29, 0.717) is 4.99 Å². The molecule has 1 fully saturated rings. The largest absolute Gasteiger partial charge is 0.391 e. The Morgan fingerprint density at radius 2 is 1.63 bits per heavy atom. The number of thiocarbonyl (C=S) groups is 1. The maximum Gasteiger partial charge on any atom is 0.223 e. The summed E-state index contributed by atoms with van der Waals surface area (Å²) in [5.74, 6) is 0.204. The van der Waals surface area contributed by atoms with Crippen LogP contribution in [0.5, 0.6) is 0 Å². The maximum atomic E-state index is 12.4. The van der Waals surface area contributed by atoms with Gasteiger partial charge in [-0.05, 0) is 25.7 Å². The molecule has 0 saturated heterocycles. The molecule has 3 nitrogen and oxygen atoms in total. The number of carbonyl (C=O) groups is 1. The molecule has 0 aromatic rings. The van der Waals surface area contributed by atoms with Crippen LogP contribution in [0.2, 0.25) is 0 Å². The zero-order valence-corrected chi connectivity index (χ0v) is 13.2. The minimum atomic E-state index is -0.435. The summed E-state index contributed by atoms with van der Waals surface area (Å²) in [5, 5.41) is 3.20. The first-order valence-corrected chi connectivity index (χ1v) is 8.08. The monoisotopic (exact) mass is 284 g/mol. The van der Waals surface area contributed by atoms with Gasteiger partial charge in [0.1, 0.15) is 0 Å². The average molecular weight is 284 g/mol. The summed E-state index contributed by atoms with van der Waals surface area (Å²) < 4.78 is 0. The minimum absolute atomic E-state index is 0.0802. The highest BCUT2D eigenvalue weighted by Crippen LogP contribution is 2.27. The molecule has 0 aromatic heterocycles. The maximum absolute atomic E-state index is 12.4. The fourth-order valence-corrected chi connectivity index (χ4v) is 3.19. The first-order chi connectivity index (χ1) is 9.05. The Labute approximate surface area is 122 Å². The van der Waals surface area contributed by atoms with Gasteiger partial charge in [-0.2, -0.15) is 0 Å². The Hall–Kier alpha value is -0.640. The minimum Gasteiger partial charge on any atom is -0.391 e. The lowest BCUT2D eigenvalue weighted by atomic mass is 9.83. The molecule has 110 valence electrons. The van der Waals surface area contributed by atoms with Crippen molar-refractivity contribution in [3.8, 4) is 0 Å². The van der Waals surface area contributed by atoms with E-state index >= 15 is 0 Å². The van der Waals surface area contributed by atoms with Gasteiger partial charge < -0.3 is 11.1 Å². The fourth-order valence-electron chi connectivity index (χ4n) is 2.94. The van der Waals surface area contributed by atoms with E-state index in [1.807, 2.05) is 0 Å². The van der Waals surface area contributed by atoms with Gasteiger partial charge in [-0.3, -0.25) is 4.79 Å². The van der Waals surface area contributed by atoms with Crippen LogP contribution in [-0.4, -0.2) is 16.4 Å². The molecular formula is C15H28N2OS. The van der Waals surface area contributed by atoms with Gasteiger partial charge in [0.2, 0.25) is 5.91 Å². The first kappa shape index (κ1) is 16.4. The van der Waals surface area contributed by atoms with Crippen molar-refractivity contribution in [2.45, 2.75) is 77.2 Å². The van der Waals surface area contributed by atoms with Gasteiger partial charge >= 0.3 is 0 Å². The molecule has 0 unspecified atom stereocenters. The van der Waals surface area contributed by atoms with Crippen molar-refractivity contribution in [3.63, 3.8) is 0 Å². The molecule has 0 spiro atoms. The SMILES string of the molecule is CCC(CC)C(=O)NC1(C(N)=S)CCCCCCC1. The van der Waals surface area contributed by atoms with Gasteiger partial charge in [-0.15, -0.1) is 0 Å². The second-order valence-corrected chi connectivity index (χ2v) is 6.16. The van der Waals surface area contributed by atoms with E-state index in [1.165, 1.54) is 19.3 Å². The predicted octanol–water partition coefficient (Wildman–Crippen LogP) is 3.31. The highest BCUT2D eigenvalue weighted by atomic mass is 32.1. The number of nitrogens with two attached hydrogens (primary N) is 1. The highest BCUT2D eigenvalue weighted by Gasteiger charge is 2.36. The van der Waals surface area contributed by atoms with Crippen molar-refractivity contribution in [1.82, 2.24) is 5.32 Å². The van der Waals surface area contributed by atoms with Crippen LogP contribution in [-0.2, 0) is 4.79 Å². The summed E-state index contributed by atoms with van der Waals surface area (Å²) in [6, 6.07) is 0. The van der Waals surface area contributed by atoms with E-state index in [9.17, 15) is 4.79 Å². The molecule has 1 aliphatic rings. The molecule has 1 amide bonds. The Balaban J connectivity index is 2.79. The molecule has 1 aliphatic carbocycles. The standard InChI is InChI=1S/C15H28N2OS/c1-3-12(4-2)13(18)17-15(14(16)19)10-8-6-5-7-9-11-15/h12H,3-11H2,1-2H3,(H2,16,19)(H,17,18). The number of hydrogen-bond donors (Lipinski definition) is 2. The van der Waals surface area contributed by atoms with Crippen molar-refractivity contribution in [2.24, 2.45) is 11.7 Å². The van der Waals surface area contributed by atoms with E-state index in [2.05, 4.69) is 19.2 Å². The third-order valence-electron chi connectivity index (χ3n) is 4.40. The molecule has 4 heteroatoms. The molecule has 0 radical (unpaired) electrons. The van der Waals surface area contributed by atoms with Gasteiger partial charge in [0.05, 0.1) is 10.5 Å². The molecule has 1 rings (SSSR count). The van der Waals surface area contributed by atoms with Crippen LogP contribution in [0, 0.1) is 5.92 Å². The Bertz CT molecular complexity index is 305. The second-order valence-electron chi connectivity index (χ2n) is 5.72. The molecule has 19 heavy (non-hydrogen) atoms. The van der Waals surface area contributed by atoms with Crippen molar-refractivity contribution < 1.29 is 4.79 Å². The van der Waals surface area contributed by atoms with Crippen LogP contribution in [0.4, 0.5) is 0 Å². The first-order valence-electron chi connectivity index (χ1n) is 7.67. The lowest BCUT2D eigenvalue weighted by molar-refractivity contribution is -0.126. The molecule has 3 N–H and O–H groups in total. The third-order valence-corrected chi connectivity index (χ3v) is 4.79. The molecule has 0 aromatic carbocycles. The second kappa shape index (κ2) is 7.83. The summed E-state index contributed by atoms with van der Waals surface area (Å²) in [6.45, 7) is 4.11. The number of nitrogens with one attached hydrogen (secondary N) is 1. The fraction of sp³-hybridized carbons (Fsp3) is 0.867. The summed E-state index contributed by atoms with van der Waals surface area (Å²) in [5.41, 5.74) is 5.54. The molecule has 1 saturated carbocycles. The lowest BCUT2D eigenvalue weighted by Gasteiger charge is -2.36. The van der Waals surface area contributed by atoms with Crippen LogP contribution < -0.4 is 11.1 Å². The van der Waals surface area contributed by atoms with E-state index in [4.69, 9.17) is 18.0 Å². The third kappa shape index (κ3) is 4.44. The predicted molar refractivity (Wildman–Crippen MR) is 84.1 cm³/mol. The quantitative estimate of drug-likeness (QED) is 0.762. The van der Waals surface area contributed by atoms with Gasteiger partial charge in [0.25, 0.3) is 0 Å². The Morgan fingerprint density at radius 1 is 1.16 bits per heavy atom. The molecule has 0 atom stereocenters. The van der Waals surface area contributed by atoms with E-state index in [-0.39, 0.29) is 11.8 Å². The van der Waals surface area contributed by atoms with Crippen LogP contribution in [0.3, 0.4) is 0 Å². The molecule has 0 bridgehead atoms. The summed E-state index contributed by atoms with van der Waals surface area (Å²) >= 11 is 5.27. The summed E-state index contributed by atoms with van der Waals surface area (Å²) in [6.07, 6.45) is 9.44. The summed E-state index contributed by atoms with van der Waals surface area (Å²) in [4.78, 5) is 12.8. The topological polar surface area (TPSA) is 55.1 Å².